The number of nitrogens with one attached hydrogen (secondary N) is 2. The highest BCUT2D eigenvalue weighted by molar-refractivity contribution is 6.17. The van der Waals surface area contributed by atoms with Crippen LogP contribution < -0.4 is 10.6 Å². The molecular weight excluding hydrogens is 376 g/mol. The van der Waals surface area contributed by atoms with E-state index in [1.165, 1.54) is 0 Å². The lowest BCUT2D eigenvalue weighted by molar-refractivity contribution is 0.0950. The number of ketones is 1. The van der Waals surface area contributed by atoms with Crippen LogP contribution in [0.1, 0.15) is 55.0 Å². The summed E-state index contributed by atoms with van der Waals surface area (Å²) >= 11 is 0. The molecule has 0 aliphatic heterocycles. The third-order valence-corrected chi connectivity index (χ3v) is 5.05. The van der Waals surface area contributed by atoms with Crippen molar-refractivity contribution >= 4 is 23.3 Å². The van der Waals surface area contributed by atoms with Crippen LogP contribution in [-0.2, 0) is 0 Å². The average molecular weight is 398 g/mol. The SMILES string of the molecule is Cc1ccc(C(=O)c2ccccc2C(=O)Nc2ccc(C(=O)NC3CC3)cc2)cc1. The van der Waals surface area contributed by atoms with Crippen molar-refractivity contribution in [2.45, 2.75) is 25.8 Å². The average Bonchev–Trinajstić information content (AvgIpc) is 3.58. The molecule has 1 aliphatic carbocycles. The maximum Gasteiger partial charge on any atom is 0.256 e. The number of carbonyl (C=O) groups excluding carboxylic acids is 3. The van der Waals surface area contributed by atoms with Gasteiger partial charge < -0.3 is 10.6 Å². The van der Waals surface area contributed by atoms with Gasteiger partial charge in [0.1, 0.15) is 0 Å². The molecule has 0 saturated heterocycles. The molecule has 1 aliphatic rings. The molecule has 0 unspecified atom stereocenters. The van der Waals surface area contributed by atoms with Gasteiger partial charge in [-0.25, -0.2) is 0 Å². The Morgan fingerprint density at radius 2 is 1.33 bits per heavy atom. The molecule has 1 fully saturated rings. The topological polar surface area (TPSA) is 75.3 Å². The van der Waals surface area contributed by atoms with E-state index in [-0.39, 0.29) is 17.6 Å². The van der Waals surface area contributed by atoms with Gasteiger partial charge in [0.05, 0.1) is 5.56 Å². The van der Waals surface area contributed by atoms with Crippen LogP contribution >= 0.6 is 0 Å². The normalized spacial score (nSPS) is 12.8. The van der Waals surface area contributed by atoms with Crippen LogP contribution in [0.25, 0.3) is 0 Å². The first-order valence-electron chi connectivity index (χ1n) is 9.94. The molecule has 0 bridgehead atoms. The summed E-state index contributed by atoms with van der Waals surface area (Å²) in [7, 11) is 0. The first-order valence-corrected chi connectivity index (χ1v) is 9.94. The van der Waals surface area contributed by atoms with Crippen molar-refractivity contribution in [3.8, 4) is 0 Å². The maximum atomic E-state index is 12.9. The highest BCUT2D eigenvalue weighted by Crippen LogP contribution is 2.20. The summed E-state index contributed by atoms with van der Waals surface area (Å²) in [6, 6.07) is 21.0. The smallest absolute Gasteiger partial charge is 0.256 e. The number of amides is 2. The third kappa shape index (κ3) is 4.46. The van der Waals surface area contributed by atoms with Crippen molar-refractivity contribution in [3.05, 3.63) is 101 Å². The van der Waals surface area contributed by atoms with E-state index in [9.17, 15) is 14.4 Å². The Morgan fingerprint density at radius 1 is 0.733 bits per heavy atom. The van der Waals surface area contributed by atoms with E-state index in [0.717, 1.165) is 18.4 Å². The number of carbonyl (C=O) groups is 3. The second-order valence-corrected chi connectivity index (χ2v) is 7.52. The Balaban J connectivity index is 1.50. The van der Waals surface area contributed by atoms with Gasteiger partial charge in [0, 0.05) is 28.4 Å². The molecule has 2 N–H and O–H groups in total. The first-order chi connectivity index (χ1) is 14.5. The van der Waals surface area contributed by atoms with Crippen LogP contribution in [0.5, 0.6) is 0 Å². The summed E-state index contributed by atoms with van der Waals surface area (Å²) in [6.45, 7) is 1.95. The molecule has 0 spiro atoms. The lowest BCUT2D eigenvalue weighted by Gasteiger charge is -2.10. The summed E-state index contributed by atoms with van der Waals surface area (Å²) in [6.07, 6.45) is 2.06. The molecule has 4 rings (SSSR count). The standard InChI is InChI=1S/C25H22N2O3/c1-16-6-8-17(9-7-16)23(28)21-4-2-3-5-22(21)25(30)27-19-12-10-18(11-13-19)24(29)26-20-14-15-20/h2-13,20H,14-15H2,1H3,(H,26,29)(H,27,30). The Morgan fingerprint density at radius 3 is 1.97 bits per heavy atom. The highest BCUT2D eigenvalue weighted by atomic mass is 16.2. The number of anilines is 1. The fraction of sp³-hybridized carbons (Fsp3) is 0.160. The second-order valence-electron chi connectivity index (χ2n) is 7.52. The van der Waals surface area contributed by atoms with Crippen molar-refractivity contribution < 1.29 is 14.4 Å². The quantitative estimate of drug-likeness (QED) is 0.606. The zero-order valence-electron chi connectivity index (χ0n) is 16.6. The summed E-state index contributed by atoms with van der Waals surface area (Å²) in [4.78, 5) is 37.9. The number of benzene rings is 3. The van der Waals surface area contributed by atoms with Gasteiger partial charge in [-0.15, -0.1) is 0 Å². The van der Waals surface area contributed by atoms with Crippen LogP contribution in [0.15, 0.2) is 72.8 Å². The molecule has 5 nitrogen and oxygen atoms in total. The number of rotatable bonds is 6. The van der Waals surface area contributed by atoms with E-state index in [1.807, 2.05) is 19.1 Å². The molecule has 150 valence electrons. The summed E-state index contributed by atoms with van der Waals surface area (Å²) in [5.41, 5.74) is 3.35. The third-order valence-electron chi connectivity index (χ3n) is 5.05. The van der Waals surface area contributed by atoms with Gasteiger partial charge in [0.2, 0.25) is 0 Å². The highest BCUT2D eigenvalue weighted by Gasteiger charge is 2.23. The van der Waals surface area contributed by atoms with Crippen molar-refractivity contribution in [3.63, 3.8) is 0 Å². The summed E-state index contributed by atoms with van der Waals surface area (Å²) in [5.74, 6) is -0.682. The minimum Gasteiger partial charge on any atom is -0.349 e. The molecule has 1 saturated carbocycles. The minimum absolute atomic E-state index is 0.107. The van der Waals surface area contributed by atoms with Crippen molar-refractivity contribution in [1.82, 2.24) is 5.32 Å². The van der Waals surface area contributed by atoms with E-state index >= 15 is 0 Å². The van der Waals surface area contributed by atoms with Crippen LogP contribution in [0.4, 0.5) is 5.69 Å². The fourth-order valence-corrected chi connectivity index (χ4v) is 3.14. The van der Waals surface area contributed by atoms with Gasteiger partial charge in [0.25, 0.3) is 11.8 Å². The van der Waals surface area contributed by atoms with Crippen LogP contribution in [0, 0.1) is 6.92 Å². The molecule has 5 heteroatoms. The Labute approximate surface area is 175 Å². The van der Waals surface area contributed by atoms with E-state index in [2.05, 4.69) is 10.6 Å². The molecule has 3 aromatic rings. The molecule has 0 aromatic heterocycles. The predicted molar refractivity (Wildman–Crippen MR) is 116 cm³/mol. The van der Waals surface area contributed by atoms with E-state index in [0.29, 0.717) is 34.0 Å². The van der Waals surface area contributed by atoms with Gasteiger partial charge in [-0.2, -0.15) is 0 Å². The van der Waals surface area contributed by atoms with Crippen LogP contribution in [0.3, 0.4) is 0 Å². The first kappa shape index (κ1) is 19.6. The van der Waals surface area contributed by atoms with E-state index in [4.69, 9.17) is 0 Å². The second kappa shape index (κ2) is 8.33. The summed E-state index contributed by atoms with van der Waals surface area (Å²) in [5, 5.41) is 5.74. The number of hydrogen-bond donors (Lipinski definition) is 2. The largest absolute Gasteiger partial charge is 0.349 e. The zero-order valence-corrected chi connectivity index (χ0v) is 16.6. The van der Waals surface area contributed by atoms with Crippen molar-refractivity contribution in [2.75, 3.05) is 5.32 Å². The Kier molecular flexibility index (Phi) is 5.44. The van der Waals surface area contributed by atoms with Crippen LogP contribution in [0.2, 0.25) is 0 Å². The van der Waals surface area contributed by atoms with Gasteiger partial charge >= 0.3 is 0 Å². The van der Waals surface area contributed by atoms with E-state index < -0.39 is 0 Å². The fourth-order valence-electron chi connectivity index (χ4n) is 3.14. The monoisotopic (exact) mass is 398 g/mol. The molecule has 0 heterocycles. The summed E-state index contributed by atoms with van der Waals surface area (Å²) < 4.78 is 0. The number of hydrogen-bond acceptors (Lipinski definition) is 3. The lowest BCUT2D eigenvalue weighted by atomic mass is 9.97. The van der Waals surface area contributed by atoms with Gasteiger partial charge in [-0.1, -0.05) is 48.0 Å². The maximum absolute atomic E-state index is 12.9. The van der Waals surface area contributed by atoms with Gasteiger partial charge in [-0.05, 0) is 50.1 Å². The van der Waals surface area contributed by atoms with Gasteiger partial charge in [0.15, 0.2) is 5.78 Å². The lowest BCUT2D eigenvalue weighted by Crippen LogP contribution is -2.25. The van der Waals surface area contributed by atoms with E-state index in [1.54, 1.807) is 60.7 Å². The predicted octanol–water partition coefficient (Wildman–Crippen LogP) is 4.37. The molecule has 30 heavy (non-hydrogen) atoms. The molecule has 2 amide bonds. The molecule has 0 radical (unpaired) electrons. The van der Waals surface area contributed by atoms with Gasteiger partial charge in [-0.3, -0.25) is 14.4 Å². The van der Waals surface area contributed by atoms with Crippen LogP contribution in [-0.4, -0.2) is 23.6 Å². The van der Waals surface area contributed by atoms with Crippen molar-refractivity contribution in [1.29, 1.82) is 0 Å². The molecule has 0 atom stereocenters. The zero-order chi connectivity index (χ0) is 21.1. The number of aryl methyl sites for hydroxylation is 1. The Hall–Kier alpha value is -3.73. The molecule has 3 aromatic carbocycles. The van der Waals surface area contributed by atoms with Crippen molar-refractivity contribution in [2.24, 2.45) is 0 Å². The molecular formula is C25H22N2O3. The Bertz CT molecular complexity index is 1100. The minimum atomic E-state index is -0.374.